The summed E-state index contributed by atoms with van der Waals surface area (Å²) in [5, 5.41) is 0. The van der Waals surface area contributed by atoms with Crippen molar-refractivity contribution in [3.8, 4) is 0 Å². The van der Waals surface area contributed by atoms with Crippen molar-refractivity contribution in [3.63, 3.8) is 0 Å². The van der Waals surface area contributed by atoms with Gasteiger partial charge in [-0.1, -0.05) is 6.08 Å². The van der Waals surface area contributed by atoms with E-state index in [4.69, 9.17) is 14.2 Å². The third-order valence-corrected chi connectivity index (χ3v) is 3.34. The average molecular weight is 255 g/mol. The van der Waals surface area contributed by atoms with E-state index in [0.29, 0.717) is 19.8 Å². The van der Waals surface area contributed by atoms with Crippen molar-refractivity contribution in [1.82, 2.24) is 4.90 Å². The molecule has 0 saturated carbocycles. The molecule has 0 aromatic rings. The summed E-state index contributed by atoms with van der Waals surface area (Å²) >= 11 is 0. The lowest BCUT2D eigenvalue weighted by atomic mass is 10.0. The van der Waals surface area contributed by atoms with Crippen molar-refractivity contribution in [2.45, 2.75) is 25.6 Å². The number of nitrogens with zero attached hydrogens (tertiary/aromatic N) is 1. The molecule has 0 radical (unpaired) electrons. The van der Waals surface area contributed by atoms with Crippen molar-refractivity contribution < 1.29 is 19.0 Å². The highest BCUT2D eigenvalue weighted by Crippen LogP contribution is 2.30. The maximum absolute atomic E-state index is 11.1. The predicted octanol–water partition coefficient (Wildman–Crippen LogP) is 0.945. The number of carbonyl (C=O) groups is 1. The highest BCUT2D eigenvalue weighted by molar-refractivity contribution is 5.81. The second-order valence-corrected chi connectivity index (χ2v) is 4.56. The van der Waals surface area contributed by atoms with Gasteiger partial charge >= 0.3 is 5.97 Å². The molecule has 18 heavy (non-hydrogen) atoms. The van der Waals surface area contributed by atoms with Gasteiger partial charge < -0.3 is 14.2 Å². The van der Waals surface area contributed by atoms with Gasteiger partial charge in [0.05, 0.1) is 19.8 Å². The zero-order chi connectivity index (χ0) is 12.8. The second kappa shape index (κ2) is 6.31. The summed E-state index contributed by atoms with van der Waals surface area (Å²) in [5.74, 6) is -0.588. The van der Waals surface area contributed by atoms with Gasteiger partial charge in [0.1, 0.15) is 0 Å². The average Bonchev–Trinajstić information content (AvgIpc) is 2.81. The Labute approximate surface area is 108 Å². The second-order valence-electron chi connectivity index (χ2n) is 4.56. The summed E-state index contributed by atoms with van der Waals surface area (Å²) in [6.07, 6.45) is 5.16. The van der Waals surface area contributed by atoms with E-state index in [9.17, 15) is 4.79 Å². The van der Waals surface area contributed by atoms with Crippen molar-refractivity contribution in [1.29, 1.82) is 0 Å². The Kier molecular flexibility index (Phi) is 4.74. The van der Waals surface area contributed by atoms with Gasteiger partial charge in [-0.3, -0.25) is 4.90 Å². The summed E-state index contributed by atoms with van der Waals surface area (Å²) in [4.78, 5) is 13.4. The number of piperidine rings is 1. The third-order valence-electron chi connectivity index (χ3n) is 3.34. The summed E-state index contributed by atoms with van der Waals surface area (Å²) in [6, 6.07) is 0. The van der Waals surface area contributed by atoms with E-state index < -0.39 is 0 Å². The van der Waals surface area contributed by atoms with Gasteiger partial charge in [0.25, 0.3) is 0 Å². The van der Waals surface area contributed by atoms with Gasteiger partial charge in [-0.05, 0) is 6.92 Å². The first-order chi connectivity index (χ1) is 8.74. The van der Waals surface area contributed by atoms with Gasteiger partial charge in [0, 0.05) is 38.6 Å². The molecule has 2 rings (SSSR count). The van der Waals surface area contributed by atoms with Gasteiger partial charge in [-0.2, -0.15) is 0 Å². The molecule has 2 heterocycles. The Hall–Kier alpha value is -0.910. The van der Waals surface area contributed by atoms with Crippen LogP contribution in [-0.2, 0) is 19.0 Å². The van der Waals surface area contributed by atoms with Crippen molar-refractivity contribution >= 4 is 5.97 Å². The van der Waals surface area contributed by atoms with Gasteiger partial charge in [0.15, 0.2) is 5.79 Å². The molecule has 0 aromatic carbocycles. The first-order valence-corrected chi connectivity index (χ1v) is 6.58. The Morgan fingerprint density at radius 3 is 2.61 bits per heavy atom. The number of esters is 1. The van der Waals surface area contributed by atoms with E-state index in [1.165, 1.54) is 6.08 Å². The molecule has 0 aromatic heterocycles. The maximum Gasteiger partial charge on any atom is 0.330 e. The molecule has 2 aliphatic heterocycles. The fourth-order valence-electron chi connectivity index (χ4n) is 2.35. The molecule has 0 amide bonds. The van der Waals surface area contributed by atoms with Crippen molar-refractivity contribution in [3.05, 3.63) is 12.2 Å². The van der Waals surface area contributed by atoms with Crippen molar-refractivity contribution in [2.75, 3.05) is 39.5 Å². The molecule has 0 unspecified atom stereocenters. The Balaban J connectivity index is 1.69. The number of likely N-dealkylation sites (tertiary alicyclic amines) is 1. The minimum absolute atomic E-state index is 0.270. The topological polar surface area (TPSA) is 48.0 Å². The molecule has 2 aliphatic rings. The highest BCUT2D eigenvalue weighted by atomic mass is 16.7. The van der Waals surface area contributed by atoms with E-state index in [2.05, 4.69) is 4.90 Å². The number of ether oxygens (including phenoxy) is 3. The number of carbonyl (C=O) groups excluding carboxylic acids is 1. The van der Waals surface area contributed by atoms with Gasteiger partial charge in [-0.25, -0.2) is 4.79 Å². The molecule has 2 fully saturated rings. The van der Waals surface area contributed by atoms with Gasteiger partial charge in [0.2, 0.25) is 0 Å². The van der Waals surface area contributed by atoms with E-state index >= 15 is 0 Å². The van der Waals surface area contributed by atoms with Crippen LogP contribution in [0.15, 0.2) is 12.2 Å². The zero-order valence-electron chi connectivity index (χ0n) is 10.9. The summed E-state index contributed by atoms with van der Waals surface area (Å²) in [7, 11) is 0. The van der Waals surface area contributed by atoms with E-state index in [0.717, 1.165) is 32.5 Å². The largest absolute Gasteiger partial charge is 0.463 e. The van der Waals surface area contributed by atoms with Crippen LogP contribution in [0, 0.1) is 0 Å². The SMILES string of the molecule is CCOC(=O)/C=C/CN1CCC2(CC1)OCCO2. The first-order valence-electron chi connectivity index (χ1n) is 6.58. The molecule has 1 spiro atoms. The predicted molar refractivity (Wildman–Crippen MR) is 66.1 cm³/mol. The van der Waals surface area contributed by atoms with Crippen LogP contribution in [0.2, 0.25) is 0 Å². The van der Waals surface area contributed by atoms with Crippen LogP contribution in [0.1, 0.15) is 19.8 Å². The van der Waals surface area contributed by atoms with Crippen LogP contribution in [0.25, 0.3) is 0 Å². The molecule has 0 N–H and O–H groups in total. The van der Waals surface area contributed by atoms with Crippen LogP contribution in [-0.4, -0.2) is 56.1 Å². The molecule has 5 nitrogen and oxygen atoms in total. The zero-order valence-corrected chi connectivity index (χ0v) is 10.9. The number of hydrogen-bond acceptors (Lipinski definition) is 5. The molecule has 5 heteroatoms. The van der Waals surface area contributed by atoms with Crippen LogP contribution >= 0.6 is 0 Å². The van der Waals surface area contributed by atoms with Crippen LogP contribution < -0.4 is 0 Å². The minimum Gasteiger partial charge on any atom is -0.463 e. The monoisotopic (exact) mass is 255 g/mol. The standard InChI is InChI=1S/C13H21NO4/c1-2-16-12(15)4-3-7-14-8-5-13(6-9-14)17-10-11-18-13/h3-4H,2,5-11H2,1H3/b4-3+. The lowest BCUT2D eigenvalue weighted by Crippen LogP contribution is -2.45. The molecular weight excluding hydrogens is 234 g/mol. The van der Waals surface area contributed by atoms with E-state index in [1.807, 2.05) is 6.08 Å². The molecule has 2 saturated heterocycles. The smallest absolute Gasteiger partial charge is 0.330 e. The van der Waals surface area contributed by atoms with Crippen LogP contribution in [0.4, 0.5) is 0 Å². The molecule has 0 bridgehead atoms. The summed E-state index contributed by atoms with van der Waals surface area (Å²) in [5.41, 5.74) is 0. The highest BCUT2D eigenvalue weighted by Gasteiger charge is 2.39. The Bertz CT molecular complexity index is 300. The molecular formula is C13H21NO4. The Morgan fingerprint density at radius 1 is 1.33 bits per heavy atom. The third kappa shape index (κ3) is 3.54. The molecule has 0 aliphatic carbocycles. The maximum atomic E-state index is 11.1. The van der Waals surface area contributed by atoms with Crippen LogP contribution in [0.3, 0.4) is 0 Å². The Morgan fingerprint density at radius 2 is 2.00 bits per heavy atom. The number of hydrogen-bond donors (Lipinski definition) is 0. The van der Waals surface area contributed by atoms with Crippen LogP contribution in [0.5, 0.6) is 0 Å². The summed E-state index contributed by atoms with van der Waals surface area (Å²) in [6.45, 7) is 6.29. The van der Waals surface area contributed by atoms with E-state index in [1.54, 1.807) is 6.92 Å². The van der Waals surface area contributed by atoms with E-state index in [-0.39, 0.29) is 11.8 Å². The molecule has 0 atom stereocenters. The summed E-state index contributed by atoms with van der Waals surface area (Å²) < 4.78 is 16.1. The quantitative estimate of drug-likeness (QED) is 0.553. The number of rotatable bonds is 4. The lowest BCUT2D eigenvalue weighted by molar-refractivity contribution is -0.184. The fourth-order valence-corrected chi connectivity index (χ4v) is 2.35. The van der Waals surface area contributed by atoms with Gasteiger partial charge in [-0.15, -0.1) is 0 Å². The minimum atomic E-state index is -0.318. The fraction of sp³-hybridized carbons (Fsp3) is 0.769. The lowest BCUT2D eigenvalue weighted by Gasteiger charge is -2.37. The molecule has 102 valence electrons. The normalized spacial score (nSPS) is 23.8. The van der Waals surface area contributed by atoms with Crippen molar-refractivity contribution in [2.24, 2.45) is 0 Å². The first kappa shape index (κ1) is 13.5.